The van der Waals surface area contributed by atoms with Gasteiger partial charge in [-0.1, -0.05) is 0 Å². The van der Waals surface area contributed by atoms with Gasteiger partial charge in [-0.25, -0.2) is 19.6 Å². The first-order valence-electron chi connectivity index (χ1n) is 8.86. The van der Waals surface area contributed by atoms with Gasteiger partial charge in [-0.05, 0) is 25.1 Å². The molecule has 2 heterocycles. The normalized spacial score (nSPS) is 12.3. The van der Waals surface area contributed by atoms with Crippen LogP contribution in [0.5, 0.6) is 0 Å². The van der Waals surface area contributed by atoms with Crippen LogP contribution in [0.1, 0.15) is 22.5 Å². The van der Waals surface area contributed by atoms with Crippen LogP contribution in [-0.4, -0.2) is 30.6 Å². The minimum Gasteiger partial charge on any atom is -0.348 e. The fourth-order valence-electron chi connectivity index (χ4n) is 2.47. The summed E-state index contributed by atoms with van der Waals surface area (Å²) in [5.41, 5.74) is -2.77. The summed E-state index contributed by atoms with van der Waals surface area (Å²) in [5, 5.41) is 6.37. The van der Waals surface area contributed by atoms with Crippen LogP contribution in [0.15, 0.2) is 43.0 Å². The van der Waals surface area contributed by atoms with E-state index < -0.39 is 35.0 Å². The van der Waals surface area contributed by atoms with Gasteiger partial charge in [0, 0.05) is 42.3 Å². The van der Waals surface area contributed by atoms with Crippen LogP contribution in [0.3, 0.4) is 0 Å². The van der Waals surface area contributed by atoms with E-state index >= 15 is 0 Å². The molecule has 0 aliphatic carbocycles. The maximum Gasteiger partial charge on any atom is 0.416 e. The van der Waals surface area contributed by atoms with Gasteiger partial charge in [0.05, 0.1) is 11.1 Å². The highest BCUT2D eigenvalue weighted by Gasteiger charge is 2.37. The zero-order chi connectivity index (χ0) is 23.5. The molecule has 0 unspecified atom stereocenters. The summed E-state index contributed by atoms with van der Waals surface area (Å²) in [7, 11) is 0. The maximum atomic E-state index is 13.0. The summed E-state index contributed by atoms with van der Waals surface area (Å²) in [5.74, 6) is -0.324. The molecule has 0 saturated heterocycles. The number of benzene rings is 1. The first kappa shape index (κ1) is 22.9. The van der Waals surface area contributed by atoms with Gasteiger partial charge in [-0.3, -0.25) is 4.79 Å². The first-order chi connectivity index (χ1) is 14.9. The summed E-state index contributed by atoms with van der Waals surface area (Å²) >= 11 is 0. The lowest BCUT2D eigenvalue weighted by molar-refractivity contribution is -0.143. The van der Waals surface area contributed by atoms with Gasteiger partial charge >= 0.3 is 12.4 Å². The van der Waals surface area contributed by atoms with Gasteiger partial charge in [-0.15, -0.1) is 5.10 Å². The molecule has 0 bridgehead atoms. The number of rotatable bonds is 5. The Morgan fingerprint density at radius 1 is 1.00 bits per heavy atom. The topological polar surface area (TPSA) is 85.6 Å². The Labute approximate surface area is 176 Å². The molecule has 0 fully saturated rings. The van der Waals surface area contributed by atoms with Crippen molar-refractivity contribution in [3.63, 3.8) is 0 Å². The standard InChI is InChI=1S/C19H14F6N6O/c1-11-26-7-12(8-27-11)9-28-16(32)2-3-31-10-29-17(30-31)13-4-14(18(20,21)22)6-15(5-13)19(23,24)25/h2-8,10H,9H2,1H3,(H,28,32)/b3-2-. The van der Waals surface area contributed by atoms with E-state index in [9.17, 15) is 31.1 Å². The molecule has 1 amide bonds. The van der Waals surface area contributed by atoms with Gasteiger partial charge in [0.2, 0.25) is 5.91 Å². The third-order valence-corrected chi connectivity index (χ3v) is 4.03. The van der Waals surface area contributed by atoms with E-state index in [0.717, 1.165) is 23.3 Å². The van der Waals surface area contributed by atoms with Gasteiger partial charge in [0.15, 0.2) is 5.82 Å². The molecule has 0 saturated carbocycles. The Kier molecular flexibility index (Phi) is 6.27. The molecule has 3 rings (SSSR count). The highest BCUT2D eigenvalue weighted by Crippen LogP contribution is 2.38. The minimum absolute atomic E-state index is 0.0177. The quantitative estimate of drug-likeness (QED) is 0.466. The van der Waals surface area contributed by atoms with Crippen LogP contribution in [0.25, 0.3) is 17.6 Å². The lowest BCUT2D eigenvalue weighted by Crippen LogP contribution is -2.20. The van der Waals surface area contributed by atoms with E-state index in [1.54, 1.807) is 19.3 Å². The van der Waals surface area contributed by atoms with Crippen molar-refractivity contribution in [1.82, 2.24) is 30.0 Å². The molecule has 168 valence electrons. The molecule has 0 aliphatic rings. The molecule has 1 N–H and O–H groups in total. The monoisotopic (exact) mass is 456 g/mol. The number of amides is 1. The summed E-state index contributed by atoms with van der Waals surface area (Å²) in [6.07, 6.45) is -3.63. The molecule has 0 atom stereocenters. The van der Waals surface area contributed by atoms with Crippen molar-refractivity contribution in [2.24, 2.45) is 0 Å². The summed E-state index contributed by atoms with van der Waals surface area (Å²) in [6.45, 7) is 1.86. The highest BCUT2D eigenvalue weighted by molar-refractivity contribution is 5.89. The van der Waals surface area contributed by atoms with Gasteiger partial charge < -0.3 is 5.32 Å². The molecule has 3 aromatic rings. The third kappa shape index (κ3) is 5.89. The van der Waals surface area contributed by atoms with Gasteiger partial charge in [0.25, 0.3) is 0 Å². The fraction of sp³-hybridized carbons (Fsp3) is 0.211. The predicted octanol–water partition coefficient (Wildman–Crippen LogP) is 3.87. The number of nitrogens with one attached hydrogen (secondary N) is 1. The van der Waals surface area contributed by atoms with Crippen molar-refractivity contribution < 1.29 is 31.1 Å². The van der Waals surface area contributed by atoms with Crippen molar-refractivity contribution >= 4 is 12.1 Å². The number of carbonyl (C=O) groups excluding carboxylic acids is 1. The summed E-state index contributed by atoms with van der Waals surface area (Å²) < 4.78 is 79.0. The van der Waals surface area contributed by atoms with Crippen LogP contribution < -0.4 is 5.32 Å². The second kappa shape index (κ2) is 8.77. The Hall–Kier alpha value is -3.77. The molecule has 0 spiro atoms. The Bertz CT molecular complexity index is 1100. The van der Waals surface area contributed by atoms with E-state index in [2.05, 4.69) is 25.4 Å². The molecular weight excluding hydrogens is 442 g/mol. The molecule has 1 aromatic carbocycles. The SMILES string of the molecule is Cc1ncc(CNC(=O)/C=C\n2cnc(-c3cc(C(F)(F)F)cc(C(F)(F)F)c3)n2)cn1. The van der Waals surface area contributed by atoms with Crippen molar-refractivity contribution in [3.05, 3.63) is 65.5 Å². The third-order valence-electron chi connectivity index (χ3n) is 4.03. The predicted molar refractivity (Wildman–Crippen MR) is 99.4 cm³/mol. The molecule has 7 nitrogen and oxygen atoms in total. The number of aromatic nitrogens is 5. The van der Waals surface area contributed by atoms with E-state index in [4.69, 9.17) is 0 Å². The second-order valence-corrected chi connectivity index (χ2v) is 6.51. The number of hydrogen-bond acceptors (Lipinski definition) is 5. The highest BCUT2D eigenvalue weighted by atomic mass is 19.4. The van der Waals surface area contributed by atoms with Gasteiger partial charge in [0.1, 0.15) is 12.2 Å². The Morgan fingerprint density at radius 3 is 2.16 bits per heavy atom. The van der Waals surface area contributed by atoms with Crippen LogP contribution in [0, 0.1) is 6.92 Å². The summed E-state index contributed by atoms with van der Waals surface area (Å²) in [6, 6.07) is 1.06. The van der Waals surface area contributed by atoms with Crippen molar-refractivity contribution in [2.45, 2.75) is 25.8 Å². The van der Waals surface area contributed by atoms with Gasteiger partial charge in [-0.2, -0.15) is 26.3 Å². The number of carbonyl (C=O) groups is 1. The number of nitrogens with zero attached hydrogens (tertiary/aromatic N) is 5. The fourth-order valence-corrected chi connectivity index (χ4v) is 2.47. The maximum absolute atomic E-state index is 13.0. The zero-order valence-electron chi connectivity index (χ0n) is 16.2. The minimum atomic E-state index is -4.99. The number of alkyl halides is 6. The van der Waals surface area contributed by atoms with E-state index in [1.165, 1.54) is 0 Å². The molecule has 13 heteroatoms. The van der Waals surface area contributed by atoms with Crippen molar-refractivity contribution in [3.8, 4) is 11.4 Å². The van der Waals surface area contributed by atoms with Crippen LogP contribution in [0.4, 0.5) is 26.3 Å². The smallest absolute Gasteiger partial charge is 0.348 e. The second-order valence-electron chi connectivity index (χ2n) is 6.51. The number of halogens is 6. The zero-order valence-corrected chi connectivity index (χ0v) is 16.2. The van der Waals surface area contributed by atoms with Crippen LogP contribution in [-0.2, 0) is 23.7 Å². The molecule has 0 radical (unpaired) electrons. The van der Waals surface area contributed by atoms with Crippen LogP contribution >= 0.6 is 0 Å². The van der Waals surface area contributed by atoms with E-state index in [-0.39, 0.29) is 18.4 Å². The number of aryl methyl sites for hydroxylation is 1. The molecule has 0 aliphatic heterocycles. The largest absolute Gasteiger partial charge is 0.416 e. The molecule has 2 aromatic heterocycles. The van der Waals surface area contributed by atoms with E-state index in [0.29, 0.717) is 23.5 Å². The lowest BCUT2D eigenvalue weighted by atomic mass is 10.0. The molecular formula is C19H14F6N6O. The average Bonchev–Trinajstić information content (AvgIpc) is 3.19. The van der Waals surface area contributed by atoms with Crippen molar-refractivity contribution in [1.29, 1.82) is 0 Å². The summed E-state index contributed by atoms with van der Waals surface area (Å²) in [4.78, 5) is 23.6. The average molecular weight is 456 g/mol. The number of hydrogen-bond donors (Lipinski definition) is 1. The van der Waals surface area contributed by atoms with Crippen LogP contribution in [0.2, 0.25) is 0 Å². The lowest BCUT2D eigenvalue weighted by Gasteiger charge is -2.13. The van der Waals surface area contributed by atoms with E-state index in [1.807, 2.05) is 0 Å². The Balaban J connectivity index is 1.74. The molecule has 32 heavy (non-hydrogen) atoms. The first-order valence-corrected chi connectivity index (χ1v) is 8.86. The Morgan fingerprint density at radius 2 is 1.59 bits per heavy atom. The van der Waals surface area contributed by atoms with Crippen molar-refractivity contribution in [2.75, 3.05) is 0 Å².